The van der Waals surface area contributed by atoms with Crippen molar-refractivity contribution >= 4 is 29.0 Å². The summed E-state index contributed by atoms with van der Waals surface area (Å²) in [6.07, 6.45) is 3.47. The number of aromatic nitrogens is 3. The van der Waals surface area contributed by atoms with Crippen molar-refractivity contribution in [1.29, 1.82) is 0 Å². The van der Waals surface area contributed by atoms with E-state index < -0.39 is 0 Å². The van der Waals surface area contributed by atoms with E-state index in [2.05, 4.69) is 22.3 Å². The Labute approximate surface area is 190 Å². The molecule has 4 aromatic rings. The second-order valence-corrected chi connectivity index (χ2v) is 8.40. The molecule has 0 fully saturated rings. The van der Waals surface area contributed by atoms with Crippen LogP contribution in [0.5, 0.6) is 5.75 Å². The molecule has 1 aliphatic heterocycles. The Morgan fingerprint density at radius 1 is 0.969 bits per heavy atom. The number of amides is 1. The number of para-hydroxylation sites is 2. The molecule has 160 valence electrons. The molecule has 32 heavy (non-hydrogen) atoms. The van der Waals surface area contributed by atoms with Gasteiger partial charge in [-0.3, -0.25) is 14.3 Å². The summed E-state index contributed by atoms with van der Waals surface area (Å²) < 4.78 is 7.19. The van der Waals surface area contributed by atoms with E-state index in [4.69, 9.17) is 4.74 Å². The van der Waals surface area contributed by atoms with E-state index in [0.717, 1.165) is 35.7 Å². The highest BCUT2D eigenvalue weighted by molar-refractivity contribution is 7.99. The maximum absolute atomic E-state index is 13.5. The number of anilines is 2. The van der Waals surface area contributed by atoms with Crippen molar-refractivity contribution in [2.24, 2.45) is 0 Å². The number of nitrogens with zero attached hydrogens (tertiary/aromatic N) is 4. The highest BCUT2D eigenvalue weighted by Gasteiger charge is 2.26. The number of aryl methyl sites for hydroxylation is 2. The third kappa shape index (κ3) is 3.87. The van der Waals surface area contributed by atoms with Crippen LogP contribution in [0, 0.1) is 0 Å². The number of hydrogen-bond acceptors (Lipinski definition) is 5. The first-order valence-corrected chi connectivity index (χ1v) is 11.4. The summed E-state index contributed by atoms with van der Waals surface area (Å²) in [6.45, 7) is 0. The number of benzene rings is 3. The Bertz CT molecular complexity index is 1220. The smallest absolute Gasteiger partial charge is 0.242 e. The summed E-state index contributed by atoms with van der Waals surface area (Å²) in [7, 11) is 1.64. The number of ether oxygens (including phenoxy) is 1. The first-order valence-electron chi connectivity index (χ1n) is 10.4. The first kappa shape index (κ1) is 20.3. The predicted octanol–water partition coefficient (Wildman–Crippen LogP) is 4.83. The molecule has 0 spiro atoms. The molecule has 0 radical (unpaired) electrons. The number of methoxy groups -OCH3 is 1. The van der Waals surface area contributed by atoms with Crippen LogP contribution in [-0.4, -0.2) is 33.5 Å². The second kappa shape index (κ2) is 8.88. The highest BCUT2D eigenvalue weighted by Crippen LogP contribution is 2.36. The molecule has 7 heteroatoms. The van der Waals surface area contributed by atoms with Gasteiger partial charge in [0.05, 0.1) is 29.9 Å². The van der Waals surface area contributed by atoms with Crippen LogP contribution in [0.25, 0.3) is 5.69 Å². The monoisotopic (exact) mass is 442 g/mol. The second-order valence-electron chi connectivity index (χ2n) is 7.46. The molecule has 3 aromatic carbocycles. The number of rotatable bonds is 5. The van der Waals surface area contributed by atoms with Crippen LogP contribution in [0.15, 0.2) is 84.3 Å². The van der Waals surface area contributed by atoms with Crippen molar-refractivity contribution in [1.82, 2.24) is 14.8 Å². The molecule has 1 aromatic heterocycles. The minimum atomic E-state index is 0.0111. The van der Waals surface area contributed by atoms with Crippen molar-refractivity contribution < 1.29 is 9.53 Å². The van der Waals surface area contributed by atoms with Gasteiger partial charge in [0.2, 0.25) is 5.91 Å². The van der Waals surface area contributed by atoms with Gasteiger partial charge in [-0.1, -0.05) is 54.2 Å². The fourth-order valence-corrected chi connectivity index (χ4v) is 4.78. The Balaban J connectivity index is 1.43. The molecule has 0 atom stereocenters. The van der Waals surface area contributed by atoms with E-state index in [1.54, 1.807) is 13.4 Å². The molecular weight excluding hydrogens is 420 g/mol. The minimum absolute atomic E-state index is 0.0111. The average molecular weight is 443 g/mol. The van der Waals surface area contributed by atoms with Gasteiger partial charge in [0.25, 0.3) is 0 Å². The largest absolute Gasteiger partial charge is 0.497 e. The molecule has 0 saturated heterocycles. The fourth-order valence-electron chi connectivity index (χ4n) is 4.00. The predicted molar refractivity (Wildman–Crippen MR) is 126 cm³/mol. The van der Waals surface area contributed by atoms with Crippen LogP contribution in [-0.2, 0) is 17.6 Å². The van der Waals surface area contributed by atoms with Gasteiger partial charge in [0.15, 0.2) is 5.16 Å². The summed E-state index contributed by atoms with van der Waals surface area (Å²) in [5, 5.41) is 8.95. The topological polar surface area (TPSA) is 60.2 Å². The number of carbonyl (C=O) groups is 1. The number of thioether (sulfide) groups is 1. The molecule has 6 nitrogen and oxygen atoms in total. The maximum atomic E-state index is 13.5. The Morgan fingerprint density at radius 3 is 2.34 bits per heavy atom. The first-order chi connectivity index (χ1) is 15.7. The van der Waals surface area contributed by atoms with Crippen molar-refractivity contribution in [2.45, 2.75) is 18.0 Å². The van der Waals surface area contributed by atoms with Crippen LogP contribution < -0.4 is 9.64 Å². The van der Waals surface area contributed by atoms with Gasteiger partial charge in [0.1, 0.15) is 12.1 Å². The van der Waals surface area contributed by atoms with Crippen LogP contribution in [0.3, 0.4) is 0 Å². The molecule has 0 aliphatic carbocycles. The molecule has 5 rings (SSSR count). The molecular formula is C25H22N4O2S. The number of hydrogen-bond donors (Lipinski definition) is 0. The van der Waals surface area contributed by atoms with Gasteiger partial charge in [-0.25, -0.2) is 0 Å². The van der Waals surface area contributed by atoms with E-state index in [9.17, 15) is 4.79 Å². The third-order valence-electron chi connectivity index (χ3n) is 5.55. The van der Waals surface area contributed by atoms with Crippen LogP contribution >= 0.6 is 11.8 Å². The van der Waals surface area contributed by atoms with Crippen LogP contribution in [0.1, 0.15) is 11.1 Å². The molecule has 2 heterocycles. The van der Waals surface area contributed by atoms with Gasteiger partial charge in [-0.2, -0.15) is 0 Å². The van der Waals surface area contributed by atoms with Crippen molar-refractivity contribution in [3.63, 3.8) is 0 Å². The van der Waals surface area contributed by atoms with E-state index in [1.807, 2.05) is 70.1 Å². The SMILES string of the molecule is COc1cccc(-n2cnnc2SCC(=O)N2c3ccccc3CCc3ccccc32)c1. The molecule has 0 unspecified atom stereocenters. The van der Waals surface area contributed by atoms with E-state index in [0.29, 0.717) is 5.16 Å². The number of carbonyl (C=O) groups excluding carboxylic acids is 1. The Morgan fingerprint density at radius 2 is 1.66 bits per heavy atom. The minimum Gasteiger partial charge on any atom is -0.497 e. The Kier molecular flexibility index (Phi) is 5.64. The Hall–Kier alpha value is -3.58. The molecule has 0 saturated carbocycles. The van der Waals surface area contributed by atoms with Gasteiger partial charge in [-0.15, -0.1) is 10.2 Å². The molecule has 1 aliphatic rings. The lowest BCUT2D eigenvalue weighted by Crippen LogP contribution is -2.28. The summed E-state index contributed by atoms with van der Waals surface area (Å²) in [6, 6.07) is 24.0. The zero-order valence-corrected chi connectivity index (χ0v) is 18.5. The normalized spacial score (nSPS) is 12.6. The molecule has 1 amide bonds. The van der Waals surface area contributed by atoms with Gasteiger partial charge < -0.3 is 4.74 Å². The van der Waals surface area contributed by atoms with Gasteiger partial charge >= 0.3 is 0 Å². The summed E-state index contributed by atoms with van der Waals surface area (Å²) in [4.78, 5) is 15.4. The van der Waals surface area contributed by atoms with Crippen molar-refractivity contribution in [3.8, 4) is 11.4 Å². The fraction of sp³-hybridized carbons (Fsp3) is 0.160. The summed E-state index contributed by atoms with van der Waals surface area (Å²) >= 11 is 1.38. The lowest BCUT2D eigenvalue weighted by Gasteiger charge is -2.24. The van der Waals surface area contributed by atoms with Crippen molar-refractivity contribution in [2.75, 3.05) is 17.8 Å². The highest BCUT2D eigenvalue weighted by atomic mass is 32.2. The van der Waals surface area contributed by atoms with Crippen molar-refractivity contribution in [3.05, 3.63) is 90.3 Å². The standard InChI is InChI=1S/C25H22N4O2S/c1-31-21-10-6-9-20(15-21)28-17-26-27-25(28)32-16-24(30)29-22-11-4-2-7-18(22)13-14-19-8-3-5-12-23(19)29/h2-12,15,17H,13-14,16H2,1H3. The lowest BCUT2D eigenvalue weighted by atomic mass is 10.0. The number of fused-ring (bicyclic) bond motifs is 2. The summed E-state index contributed by atoms with van der Waals surface area (Å²) in [5.74, 6) is 1.00. The molecule has 0 bridgehead atoms. The van der Waals surface area contributed by atoms with E-state index in [-0.39, 0.29) is 11.7 Å². The lowest BCUT2D eigenvalue weighted by molar-refractivity contribution is -0.115. The van der Waals surface area contributed by atoms with Crippen LogP contribution in [0.2, 0.25) is 0 Å². The van der Waals surface area contributed by atoms with Gasteiger partial charge in [-0.05, 0) is 48.2 Å². The zero-order chi connectivity index (χ0) is 21.9. The zero-order valence-electron chi connectivity index (χ0n) is 17.6. The summed E-state index contributed by atoms with van der Waals surface area (Å²) in [5.41, 5.74) is 5.16. The molecule has 0 N–H and O–H groups in total. The van der Waals surface area contributed by atoms with Crippen LogP contribution in [0.4, 0.5) is 11.4 Å². The van der Waals surface area contributed by atoms with Gasteiger partial charge in [0, 0.05) is 6.07 Å². The third-order valence-corrected chi connectivity index (χ3v) is 6.48. The van der Waals surface area contributed by atoms with E-state index in [1.165, 1.54) is 22.9 Å². The average Bonchev–Trinajstić information content (AvgIpc) is 3.25. The quantitative estimate of drug-likeness (QED) is 0.414. The van der Waals surface area contributed by atoms with E-state index >= 15 is 0 Å². The maximum Gasteiger partial charge on any atom is 0.242 e.